The molecule has 0 saturated carbocycles. The number of ether oxygens (including phenoxy) is 1. The predicted octanol–water partition coefficient (Wildman–Crippen LogP) is 4.24. The number of hydrogen-bond acceptors (Lipinski definition) is 7. The third kappa shape index (κ3) is 6.70. The molecule has 0 aliphatic rings. The first kappa shape index (κ1) is 21.0. The van der Waals surface area contributed by atoms with E-state index in [1.807, 2.05) is 60.7 Å². The highest BCUT2D eigenvalue weighted by Crippen LogP contribution is 2.11. The van der Waals surface area contributed by atoms with Gasteiger partial charge in [-0.15, -0.1) is 0 Å². The lowest BCUT2D eigenvalue weighted by atomic mass is 10.2. The molecule has 154 valence electrons. The molecular formula is C23H24N4O3. The molecule has 0 unspecified atom stereocenters. The van der Waals surface area contributed by atoms with Crippen molar-refractivity contribution in [2.24, 2.45) is 10.3 Å². The molecule has 0 aliphatic carbocycles. The molecule has 0 spiro atoms. The van der Waals surface area contributed by atoms with Crippen LogP contribution < -0.4 is 4.74 Å². The molecule has 0 atom stereocenters. The van der Waals surface area contributed by atoms with E-state index < -0.39 is 0 Å². The third-order valence-electron chi connectivity index (χ3n) is 4.26. The summed E-state index contributed by atoms with van der Waals surface area (Å²) in [5.41, 5.74) is 3.86. The maximum absolute atomic E-state index is 8.84. The van der Waals surface area contributed by atoms with Gasteiger partial charge in [0.05, 0.1) is 23.8 Å². The van der Waals surface area contributed by atoms with E-state index in [1.165, 1.54) is 0 Å². The van der Waals surface area contributed by atoms with Crippen molar-refractivity contribution in [1.29, 1.82) is 0 Å². The van der Waals surface area contributed by atoms with Crippen LogP contribution in [0.5, 0.6) is 5.75 Å². The van der Waals surface area contributed by atoms with Crippen LogP contribution in [0.15, 0.2) is 77.2 Å². The maximum atomic E-state index is 8.84. The van der Waals surface area contributed by atoms with Crippen molar-refractivity contribution in [2.45, 2.75) is 26.4 Å². The van der Waals surface area contributed by atoms with Crippen molar-refractivity contribution in [3.05, 3.63) is 89.5 Å². The van der Waals surface area contributed by atoms with E-state index in [2.05, 4.69) is 20.3 Å². The van der Waals surface area contributed by atoms with E-state index in [-0.39, 0.29) is 0 Å². The van der Waals surface area contributed by atoms with Gasteiger partial charge in [-0.2, -0.15) is 0 Å². The Bertz CT molecular complexity index is 973. The summed E-state index contributed by atoms with van der Waals surface area (Å²) < 4.78 is 5.71. The largest absolute Gasteiger partial charge is 0.487 e. The highest BCUT2D eigenvalue weighted by Gasteiger charge is 2.02. The number of oxime groups is 2. The minimum absolute atomic E-state index is 0.466. The van der Waals surface area contributed by atoms with Crippen molar-refractivity contribution in [3.63, 3.8) is 0 Å². The lowest BCUT2D eigenvalue weighted by Crippen LogP contribution is -2.02. The topological polar surface area (TPSA) is 89.2 Å². The minimum Gasteiger partial charge on any atom is -0.487 e. The van der Waals surface area contributed by atoms with Gasteiger partial charge < -0.3 is 14.8 Å². The normalized spacial score (nSPS) is 11.6. The van der Waals surface area contributed by atoms with Crippen LogP contribution >= 0.6 is 0 Å². The highest BCUT2D eigenvalue weighted by molar-refractivity contribution is 5.96. The number of aryl methyl sites for hydroxylation is 1. The zero-order valence-electron chi connectivity index (χ0n) is 16.8. The number of hydrogen-bond donors (Lipinski definition) is 1. The van der Waals surface area contributed by atoms with Gasteiger partial charge in [0.2, 0.25) is 0 Å². The lowest BCUT2D eigenvalue weighted by molar-refractivity contribution is 0.143. The fourth-order valence-electron chi connectivity index (χ4n) is 2.63. The zero-order valence-corrected chi connectivity index (χ0v) is 16.8. The predicted molar refractivity (Wildman–Crippen MR) is 115 cm³/mol. The maximum Gasteiger partial charge on any atom is 0.138 e. The molecule has 1 aromatic carbocycles. The second-order valence-corrected chi connectivity index (χ2v) is 6.56. The molecule has 2 aromatic heterocycles. The molecule has 7 heteroatoms. The standard InChI is InChI=1S/C23H24N4O3/c1-18(27-28)23-11-5-9-20(26-23)10-6-14-30-25-15-21-12-13-22(16-24-21)29-17-19-7-3-2-4-8-19/h2-5,7-9,11-13,15-16,28H,6,10,14,17H2,1H3/b25-15+,27-18+. The Kier molecular flexibility index (Phi) is 7.91. The molecule has 0 bridgehead atoms. The van der Waals surface area contributed by atoms with Crippen molar-refractivity contribution in [2.75, 3.05) is 6.61 Å². The fraction of sp³-hybridized carbons (Fsp3) is 0.217. The van der Waals surface area contributed by atoms with Crippen molar-refractivity contribution in [1.82, 2.24) is 9.97 Å². The first-order chi connectivity index (χ1) is 14.7. The van der Waals surface area contributed by atoms with Gasteiger partial charge in [0.1, 0.15) is 24.7 Å². The summed E-state index contributed by atoms with van der Waals surface area (Å²) in [4.78, 5) is 14.0. The summed E-state index contributed by atoms with van der Waals surface area (Å²) in [6, 6.07) is 19.3. The van der Waals surface area contributed by atoms with Crippen LogP contribution in [-0.2, 0) is 17.9 Å². The van der Waals surface area contributed by atoms with Crippen LogP contribution in [0.25, 0.3) is 0 Å². The minimum atomic E-state index is 0.466. The molecule has 30 heavy (non-hydrogen) atoms. The molecular weight excluding hydrogens is 380 g/mol. The molecule has 0 amide bonds. The molecule has 0 fully saturated rings. The van der Waals surface area contributed by atoms with Crippen LogP contribution in [0, 0.1) is 0 Å². The summed E-state index contributed by atoms with van der Waals surface area (Å²) in [7, 11) is 0. The number of rotatable bonds is 10. The summed E-state index contributed by atoms with van der Waals surface area (Å²) in [5.74, 6) is 0.702. The zero-order chi connectivity index (χ0) is 21.0. The Morgan fingerprint density at radius 2 is 1.93 bits per heavy atom. The SMILES string of the molecule is C/C(=N\O)c1cccc(CCCO/N=C/c2ccc(OCc3ccccc3)cn2)n1. The molecule has 0 radical (unpaired) electrons. The average Bonchev–Trinajstić information content (AvgIpc) is 2.81. The van der Waals surface area contributed by atoms with E-state index in [4.69, 9.17) is 14.8 Å². The average molecular weight is 404 g/mol. The van der Waals surface area contributed by atoms with Gasteiger partial charge in [-0.1, -0.05) is 46.7 Å². The molecule has 1 N–H and O–H groups in total. The second kappa shape index (κ2) is 11.3. The Morgan fingerprint density at radius 3 is 2.70 bits per heavy atom. The fourth-order valence-corrected chi connectivity index (χ4v) is 2.63. The van der Waals surface area contributed by atoms with Gasteiger partial charge >= 0.3 is 0 Å². The highest BCUT2D eigenvalue weighted by atomic mass is 16.6. The number of nitrogens with zero attached hydrogens (tertiary/aromatic N) is 4. The van der Waals surface area contributed by atoms with Gasteiger partial charge in [0.15, 0.2) is 0 Å². The Balaban J connectivity index is 1.37. The van der Waals surface area contributed by atoms with E-state index in [1.54, 1.807) is 19.3 Å². The second-order valence-electron chi connectivity index (χ2n) is 6.56. The smallest absolute Gasteiger partial charge is 0.138 e. The van der Waals surface area contributed by atoms with E-state index in [9.17, 15) is 0 Å². The van der Waals surface area contributed by atoms with E-state index in [0.29, 0.717) is 36.1 Å². The summed E-state index contributed by atoms with van der Waals surface area (Å²) in [6.07, 6.45) is 4.75. The van der Waals surface area contributed by atoms with E-state index >= 15 is 0 Å². The summed E-state index contributed by atoms with van der Waals surface area (Å²) in [6.45, 7) is 2.68. The van der Waals surface area contributed by atoms with Gasteiger partial charge in [-0.25, -0.2) is 0 Å². The molecule has 0 saturated heterocycles. The number of benzene rings is 1. The Labute approximate surface area is 175 Å². The van der Waals surface area contributed by atoms with Crippen LogP contribution in [0.2, 0.25) is 0 Å². The lowest BCUT2D eigenvalue weighted by Gasteiger charge is -2.05. The molecule has 3 aromatic rings. The molecule has 7 nitrogen and oxygen atoms in total. The summed E-state index contributed by atoms with van der Waals surface area (Å²) >= 11 is 0. The first-order valence-corrected chi connectivity index (χ1v) is 9.67. The summed E-state index contributed by atoms with van der Waals surface area (Å²) in [5, 5.41) is 16.0. The number of aromatic nitrogens is 2. The van der Waals surface area contributed by atoms with Gasteiger partial charge in [0.25, 0.3) is 0 Å². The van der Waals surface area contributed by atoms with Gasteiger partial charge in [-0.3, -0.25) is 9.97 Å². The number of pyridine rings is 2. The van der Waals surface area contributed by atoms with Crippen LogP contribution in [0.1, 0.15) is 36.0 Å². The van der Waals surface area contributed by atoms with Gasteiger partial charge in [-0.05, 0) is 49.6 Å². The molecule has 3 rings (SSSR count). The first-order valence-electron chi connectivity index (χ1n) is 9.67. The van der Waals surface area contributed by atoms with Crippen molar-refractivity contribution < 1.29 is 14.8 Å². The van der Waals surface area contributed by atoms with E-state index in [0.717, 1.165) is 24.1 Å². The monoisotopic (exact) mass is 404 g/mol. The van der Waals surface area contributed by atoms with Gasteiger partial charge in [0, 0.05) is 5.69 Å². The van der Waals surface area contributed by atoms with Crippen LogP contribution in [0.3, 0.4) is 0 Å². The van der Waals surface area contributed by atoms with Crippen molar-refractivity contribution >= 4 is 11.9 Å². The Hall–Kier alpha value is -3.74. The van der Waals surface area contributed by atoms with Crippen molar-refractivity contribution in [3.8, 4) is 5.75 Å². The molecule has 0 aliphatic heterocycles. The Morgan fingerprint density at radius 1 is 1.07 bits per heavy atom. The van der Waals surface area contributed by atoms with Crippen LogP contribution in [-0.4, -0.2) is 33.7 Å². The quantitative estimate of drug-likeness (QED) is 0.236. The van der Waals surface area contributed by atoms with Crippen LogP contribution in [0.4, 0.5) is 0 Å². The molecule has 2 heterocycles. The third-order valence-corrected chi connectivity index (χ3v) is 4.26.